The molecule has 0 amide bonds. The molecule has 2 aromatic heterocycles. The summed E-state index contributed by atoms with van der Waals surface area (Å²) in [4.78, 5) is 56.4. The standard InChI is InChI=1S/C21H23BrN4O6S/c1-4-14(18(28)29)33-21-23-16-15(17(27)24-20(31)25(16)3)26(21)13(19(30)32-5-2)10-11-7-6-8-12(22)9-11/h6-9,13-14H,4-5,10H2,1-3H3,(H,28,29)(H,24,27,31). The molecule has 0 bridgehead atoms. The number of hydrogen-bond donors (Lipinski definition) is 2. The molecule has 176 valence electrons. The highest BCUT2D eigenvalue weighted by atomic mass is 79.9. The Morgan fingerprint density at radius 2 is 2.03 bits per heavy atom. The number of ether oxygens (including phenoxy) is 1. The van der Waals surface area contributed by atoms with Crippen LogP contribution in [0.4, 0.5) is 0 Å². The summed E-state index contributed by atoms with van der Waals surface area (Å²) in [5, 5.41) is 8.84. The molecule has 33 heavy (non-hydrogen) atoms. The summed E-state index contributed by atoms with van der Waals surface area (Å²) in [7, 11) is 1.44. The lowest BCUT2D eigenvalue weighted by molar-refractivity contribution is -0.147. The van der Waals surface area contributed by atoms with Crippen molar-refractivity contribution >= 4 is 50.8 Å². The predicted molar refractivity (Wildman–Crippen MR) is 127 cm³/mol. The molecule has 0 radical (unpaired) electrons. The van der Waals surface area contributed by atoms with Crippen molar-refractivity contribution in [2.45, 2.75) is 43.1 Å². The summed E-state index contributed by atoms with van der Waals surface area (Å²) in [6.45, 7) is 3.50. The van der Waals surface area contributed by atoms with E-state index in [-0.39, 0.29) is 35.8 Å². The van der Waals surface area contributed by atoms with Gasteiger partial charge in [0.2, 0.25) is 0 Å². The summed E-state index contributed by atoms with van der Waals surface area (Å²) in [5.41, 5.74) is -0.562. The van der Waals surface area contributed by atoms with E-state index in [9.17, 15) is 24.3 Å². The molecule has 0 saturated heterocycles. The van der Waals surface area contributed by atoms with Crippen LogP contribution < -0.4 is 11.2 Å². The fourth-order valence-electron chi connectivity index (χ4n) is 3.40. The van der Waals surface area contributed by atoms with Crippen molar-refractivity contribution in [1.82, 2.24) is 19.1 Å². The largest absolute Gasteiger partial charge is 0.480 e. The Hall–Kier alpha value is -2.86. The van der Waals surface area contributed by atoms with Crippen LogP contribution in [0.1, 0.15) is 31.9 Å². The second kappa shape index (κ2) is 10.4. The third-order valence-corrected chi connectivity index (χ3v) is 6.81. The number of aliphatic carboxylic acids is 1. The van der Waals surface area contributed by atoms with Crippen LogP contribution in [-0.4, -0.2) is 48.0 Å². The Balaban J connectivity index is 2.30. The van der Waals surface area contributed by atoms with Gasteiger partial charge >= 0.3 is 17.6 Å². The molecule has 3 rings (SSSR count). The number of halogens is 1. The SMILES string of the molecule is CCOC(=O)C(Cc1cccc(Br)c1)n1c(SC(CC)C(=O)O)nc2c1c(=O)[nH]c(=O)n2C. The third kappa shape index (κ3) is 5.22. The Labute approximate surface area is 201 Å². The maximum atomic E-state index is 13.1. The van der Waals surface area contributed by atoms with E-state index in [1.807, 2.05) is 24.3 Å². The molecule has 0 spiro atoms. The van der Waals surface area contributed by atoms with Crippen molar-refractivity contribution in [3.8, 4) is 0 Å². The number of thioether (sulfide) groups is 1. The quantitative estimate of drug-likeness (QED) is 0.313. The fraction of sp³-hybridized carbons (Fsp3) is 0.381. The highest BCUT2D eigenvalue weighted by Crippen LogP contribution is 2.32. The monoisotopic (exact) mass is 538 g/mol. The summed E-state index contributed by atoms with van der Waals surface area (Å²) in [6, 6.07) is 6.31. The first kappa shape index (κ1) is 24.8. The van der Waals surface area contributed by atoms with Gasteiger partial charge in [0.1, 0.15) is 11.3 Å². The number of aromatic amines is 1. The Morgan fingerprint density at radius 1 is 1.30 bits per heavy atom. The van der Waals surface area contributed by atoms with Gasteiger partial charge in [-0.25, -0.2) is 14.6 Å². The van der Waals surface area contributed by atoms with Gasteiger partial charge in [0.25, 0.3) is 5.56 Å². The van der Waals surface area contributed by atoms with E-state index in [0.717, 1.165) is 26.4 Å². The molecule has 0 saturated carbocycles. The molecule has 2 heterocycles. The molecule has 3 aromatic rings. The minimum absolute atomic E-state index is 0.00658. The number of carbonyl (C=O) groups is 2. The number of carboxylic acids is 1. The van der Waals surface area contributed by atoms with Gasteiger partial charge in [0, 0.05) is 17.9 Å². The minimum atomic E-state index is -1.05. The number of aryl methyl sites for hydroxylation is 1. The highest BCUT2D eigenvalue weighted by molar-refractivity contribution is 9.10. The molecule has 0 aliphatic rings. The average molecular weight is 539 g/mol. The molecule has 2 atom stereocenters. The smallest absolute Gasteiger partial charge is 0.329 e. The fourth-order valence-corrected chi connectivity index (χ4v) is 4.84. The van der Waals surface area contributed by atoms with Crippen molar-refractivity contribution in [3.05, 3.63) is 55.1 Å². The van der Waals surface area contributed by atoms with E-state index in [4.69, 9.17) is 4.74 Å². The molecule has 0 fully saturated rings. The van der Waals surface area contributed by atoms with Crippen molar-refractivity contribution in [3.63, 3.8) is 0 Å². The Bertz CT molecular complexity index is 1310. The van der Waals surface area contributed by atoms with Crippen LogP contribution in [0.25, 0.3) is 11.2 Å². The molecule has 12 heteroatoms. The molecular weight excluding hydrogens is 516 g/mol. The van der Waals surface area contributed by atoms with E-state index >= 15 is 0 Å². The summed E-state index contributed by atoms with van der Waals surface area (Å²) in [6.07, 6.45) is 0.442. The normalized spacial score (nSPS) is 13.1. The molecule has 0 aliphatic carbocycles. The minimum Gasteiger partial charge on any atom is -0.480 e. The lowest BCUT2D eigenvalue weighted by Crippen LogP contribution is -2.32. The van der Waals surface area contributed by atoms with Crippen LogP contribution in [0.5, 0.6) is 0 Å². The van der Waals surface area contributed by atoms with Gasteiger partial charge in [-0.05, 0) is 31.0 Å². The zero-order chi connectivity index (χ0) is 24.3. The molecule has 2 unspecified atom stereocenters. The van der Waals surface area contributed by atoms with Gasteiger partial charge in [0.05, 0.1) is 6.61 Å². The molecule has 10 nitrogen and oxygen atoms in total. The lowest BCUT2D eigenvalue weighted by atomic mass is 10.1. The first-order valence-electron chi connectivity index (χ1n) is 10.2. The molecule has 1 aromatic carbocycles. The van der Waals surface area contributed by atoms with Crippen LogP contribution in [0.15, 0.2) is 43.5 Å². The van der Waals surface area contributed by atoms with E-state index in [1.54, 1.807) is 13.8 Å². The molecule has 2 N–H and O–H groups in total. The maximum absolute atomic E-state index is 13.1. The number of aromatic nitrogens is 4. The maximum Gasteiger partial charge on any atom is 0.329 e. The number of imidazole rings is 1. The van der Waals surface area contributed by atoms with Crippen molar-refractivity contribution in [1.29, 1.82) is 0 Å². The van der Waals surface area contributed by atoms with Crippen LogP contribution in [0.3, 0.4) is 0 Å². The number of carbonyl (C=O) groups excluding carboxylic acids is 1. The molecule has 0 aliphatic heterocycles. The van der Waals surface area contributed by atoms with Gasteiger partial charge in [-0.3, -0.25) is 23.7 Å². The number of H-pyrrole nitrogens is 1. The second-order valence-electron chi connectivity index (χ2n) is 7.21. The van der Waals surface area contributed by atoms with E-state index < -0.39 is 34.5 Å². The number of nitrogens with zero attached hydrogens (tertiary/aromatic N) is 3. The Morgan fingerprint density at radius 3 is 2.64 bits per heavy atom. The number of benzene rings is 1. The van der Waals surface area contributed by atoms with Crippen LogP contribution in [0, 0.1) is 0 Å². The van der Waals surface area contributed by atoms with Crippen molar-refractivity contribution in [2.75, 3.05) is 6.61 Å². The number of esters is 1. The first-order valence-corrected chi connectivity index (χ1v) is 11.9. The zero-order valence-corrected chi connectivity index (χ0v) is 20.6. The van der Waals surface area contributed by atoms with E-state index in [2.05, 4.69) is 25.9 Å². The topological polar surface area (TPSA) is 136 Å². The first-order chi connectivity index (χ1) is 15.7. The van der Waals surface area contributed by atoms with Crippen molar-refractivity contribution in [2.24, 2.45) is 7.05 Å². The number of rotatable bonds is 9. The number of nitrogens with one attached hydrogen (secondary N) is 1. The summed E-state index contributed by atoms with van der Waals surface area (Å²) < 4.78 is 8.66. The third-order valence-electron chi connectivity index (χ3n) is 5.00. The zero-order valence-electron chi connectivity index (χ0n) is 18.2. The number of fused-ring (bicyclic) bond motifs is 1. The van der Waals surface area contributed by atoms with Gasteiger partial charge in [-0.2, -0.15) is 0 Å². The summed E-state index contributed by atoms with van der Waals surface area (Å²) in [5.74, 6) is -1.65. The number of carboxylic acid groups (broad SMARTS) is 1. The number of hydrogen-bond acceptors (Lipinski definition) is 7. The van der Waals surface area contributed by atoms with Gasteiger partial charge < -0.3 is 9.84 Å². The second-order valence-corrected chi connectivity index (χ2v) is 9.30. The Kier molecular flexibility index (Phi) is 7.80. The van der Waals surface area contributed by atoms with Crippen LogP contribution in [-0.2, 0) is 27.8 Å². The average Bonchev–Trinajstić information content (AvgIpc) is 3.13. The lowest BCUT2D eigenvalue weighted by Gasteiger charge is -2.21. The predicted octanol–water partition coefficient (Wildman–Crippen LogP) is 2.49. The van der Waals surface area contributed by atoms with Gasteiger partial charge in [-0.1, -0.05) is 46.7 Å². The van der Waals surface area contributed by atoms with Crippen LogP contribution in [0.2, 0.25) is 0 Å². The van der Waals surface area contributed by atoms with E-state index in [1.165, 1.54) is 11.6 Å². The van der Waals surface area contributed by atoms with Crippen molar-refractivity contribution < 1.29 is 19.4 Å². The highest BCUT2D eigenvalue weighted by Gasteiger charge is 2.32. The summed E-state index contributed by atoms with van der Waals surface area (Å²) >= 11 is 4.33. The van der Waals surface area contributed by atoms with Gasteiger partial charge in [0.15, 0.2) is 16.3 Å². The van der Waals surface area contributed by atoms with Crippen LogP contribution >= 0.6 is 27.7 Å². The molecular formula is C21H23BrN4O6S. The van der Waals surface area contributed by atoms with E-state index in [0.29, 0.717) is 0 Å². The van der Waals surface area contributed by atoms with Gasteiger partial charge in [-0.15, -0.1) is 0 Å².